The Bertz CT molecular complexity index is 1150. The maximum Gasteiger partial charge on any atom is 0.336 e. The molecule has 3 aromatic rings. The van der Waals surface area contributed by atoms with Crippen molar-refractivity contribution in [3.05, 3.63) is 75.6 Å². The van der Waals surface area contributed by atoms with Gasteiger partial charge in [-0.3, -0.25) is 0 Å². The Labute approximate surface area is 180 Å². The summed E-state index contributed by atoms with van der Waals surface area (Å²) in [5.74, 6) is -0.778. The van der Waals surface area contributed by atoms with E-state index in [0.29, 0.717) is 22.2 Å². The molecule has 0 aliphatic rings. The van der Waals surface area contributed by atoms with E-state index in [4.69, 9.17) is 9.15 Å². The van der Waals surface area contributed by atoms with E-state index >= 15 is 0 Å². The minimum atomic E-state index is -0.848. The number of nitrogens with one attached hydrogen (secondary N) is 2. The number of carbonyl (C=O) groups is 2. The van der Waals surface area contributed by atoms with Gasteiger partial charge >= 0.3 is 17.6 Å². The fraction of sp³-hybridized carbons (Fsp3) is 0.292. The number of hydrogen-bond acceptors (Lipinski definition) is 5. The molecule has 3 rings (SSSR count). The Balaban J connectivity index is 1.73. The van der Waals surface area contributed by atoms with Gasteiger partial charge in [-0.2, -0.15) is 0 Å². The lowest BCUT2D eigenvalue weighted by molar-refractivity contribution is -0.148. The number of hydrogen-bond donors (Lipinski definition) is 2. The lowest BCUT2D eigenvalue weighted by Gasteiger charge is -2.21. The maximum atomic E-state index is 12.7. The summed E-state index contributed by atoms with van der Waals surface area (Å²) in [6.07, 6.45) is 0. The number of carbonyl (C=O) groups excluding carboxylic acids is 2. The van der Waals surface area contributed by atoms with Crippen molar-refractivity contribution in [1.29, 1.82) is 0 Å². The number of para-hydroxylation sites is 1. The van der Waals surface area contributed by atoms with Crippen LogP contribution in [0.1, 0.15) is 30.5 Å². The van der Waals surface area contributed by atoms with E-state index < -0.39 is 23.7 Å². The molecule has 0 spiro atoms. The number of amides is 2. The first kappa shape index (κ1) is 22.1. The maximum absolute atomic E-state index is 12.7. The first-order valence-corrected chi connectivity index (χ1v) is 10.1. The van der Waals surface area contributed by atoms with Gasteiger partial charge in [-0.1, -0.05) is 44.2 Å². The summed E-state index contributed by atoms with van der Waals surface area (Å²) in [5.41, 5.74) is 3.01. The predicted molar refractivity (Wildman–Crippen MR) is 119 cm³/mol. The van der Waals surface area contributed by atoms with Crippen LogP contribution in [0.3, 0.4) is 0 Å². The Hall–Kier alpha value is -3.61. The second-order valence-electron chi connectivity index (χ2n) is 7.77. The van der Waals surface area contributed by atoms with Crippen LogP contribution in [0.25, 0.3) is 11.0 Å². The normalized spacial score (nSPS) is 11.9. The lowest BCUT2D eigenvalue weighted by atomic mass is 10.0. The summed E-state index contributed by atoms with van der Waals surface area (Å²) >= 11 is 0. The van der Waals surface area contributed by atoms with Gasteiger partial charge in [0.05, 0.1) is 0 Å². The molecule has 0 radical (unpaired) electrons. The molecular formula is C24H26N2O5. The van der Waals surface area contributed by atoms with E-state index in [9.17, 15) is 14.4 Å². The Morgan fingerprint density at radius 3 is 2.45 bits per heavy atom. The fourth-order valence-electron chi connectivity index (χ4n) is 3.21. The third-order valence-corrected chi connectivity index (χ3v) is 5.13. The smallest absolute Gasteiger partial charge is 0.336 e. The van der Waals surface area contributed by atoms with Crippen molar-refractivity contribution in [2.24, 2.45) is 5.92 Å². The van der Waals surface area contributed by atoms with E-state index in [2.05, 4.69) is 10.6 Å². The molecule has 0 unspecified atom stereocenters. The highest BCUT2D eigenvalue weighted by atomic mass is 16.5. The van der Waals surface area contributed by atoms with Crippen LogP contribution in [0, 0.1) is 19.8 Å². The molecule has 31 heavy (non-hydrogen) atoms. The van der Waals surface area contributed by atoms with Crippen LogP contribution >= 0.6 is 0 Å². The Kier molecular flexibility index (Phi) is 6.74. The number of fused-ring (bicyclic) bond motifs is 1. The van der Waals surface area contributed by atoms with Crippen molar-refractivity contribution < 1.29 is 18.7 Å². The number of rotatable bonds is 6. The first-order chi connectivity index (χ1) is 14.8. The largest absolute Gasteiger partial charge is 0.459 e. The van der Waals surface area contributed by atoms with E-state index in [1.165, 1.54) is 6.07 Å². The predicted octanol–water partition coefficient (Wildman–Crippen LogP) is 4.30. The molecule has 1 heterocycles. The molecule has 1 atom stereocenters. The average Bonchev–Trinajstić information content (AvgIpc) is 2.73. The third kappa shape index (κ3) is 5.31. The molecule has 162 valence electrons. The summed E-state index contributed by atoms with van der Waals surface area (Å²) in [6.45, 7) is 7.33. The van der Waals surface area contributed by atoms with Gasteiger partial charge in [0.15, 0.2) is 0 Å². The average molecular weight is 422 g/mol. The molecule has 7 heteroatoms. The van der Waals surface area contributed by atoms with Crippen LogP contribution in [0.2, 0.25) is 0 Å². The SMILES string of the molecule is Cc1ccc2c(COC(=O)[C@H](NC(=O)Nc3ccccc3)C(C)C)cc(=O)oc2c1C. The second-order valence-corrected chi connectivity index (χ2v) is 7.77. The standard InChI is InChI=1S/C24H26N2O5/c1-14(2)21(26-24(29)25-18-8-6-5-7-9-18)23(28)30-13-17-12-20(27)31-22-16(4)15(3)10-11-19(17)22/h5-12,14,21H,13H2,1-4H3,(H2,25,26,29)/t21-/m1/s1. The lowest BCUT2D eigenvalue weighted by Crippen LogP contribution is -2.47. The van der Waals surface area contributed by atoms with Gasteiger partial charge in [-0.15, -0.1) is 0 Å². The van der Waals surface area contributed by atoms with Gasteiger partial charge in [-0.05, 0) is 43.0 Å². The molecule has 0 saturated carbocycles. The molecule has 0 fully saturated rings. The minimum absolute atomic E-state index is 0.103. The third-order valence-electron chi connectivity index (χ3n) is 5.13. The Morgan fingerprint density at radius 2 is 1.77 bits per heavy atom. The van der Waals surface area contributed by atoms with Crippen LogP contribution in [-0.2, 0) is 16.1 Å². The number of esters is 1. The summed E-state index contributed by atoms with van der Waals surface area (Å²) in [7, 11) is 0. The second kappa shape index (κ2) is 9.47. The van der Waals surface area contributed by atoms with Gasteiger partial charge in [-0.25, -0.2) is 14.4 Å². The Morgan fingerprint density at radius 1 is 1.06 bits per heavy atom. The summed E-state index contributed by atoms with van der Waals surface area (Å²) in [6, 6.07) is 12.7. The zero-order chi connectivity index (χ0) is 22.5. The van der Waals surface area contributed by atoms with Crippen molar-refractivity contribution in [2.75, 3.05) is 5.32 Å². The van der Waals surface area contributed by atoms with Gasteiger partial charge in [0, 0.05) is 22.7 Å². The highest BCUT2D eigenvalue weighted by molar-refractivity contribution is 5.92. The number of benzene rings is 2. The van der Waals surface area contributed by atoms with E-state index in [1.54, 1.807) is 24.3 Å². The number of aryl methyl sites for hydroxylation is 2. The van der Waals surface area contributed by atoms with Gasteiger partial charge in [0.25, 0.3) is 0 Å². The number of urea groups is 1. The molecule has 0 aliphatic carbocycles. The highest BCUT2D eigenvalue weighted by Crippen LogP contribution is 2.24. The summed E-state index contributed by atoms with van der Waals surface area (Å²) in [4.78, 5) is 37.0. The van der Waals surface area contributed by atoms with Crippen LogP contribution in [-0.4, -0.2) is 18.0 Å². The number of ether oxygens (including phenoxy) is 1. The highest BCUT2D eigenvalue weighted by Gasteiger charge is 2.26. The zero-order valence-electron chi connectivity index (χ0n) is 18.0. The molecule has 2 amide bonds. The monoisotopic (exact) mass is 422 g/mol. The molecule has 0 saturated heterocycles. The van der Waals surface area contributed by atoms with Crippen LogP contribution in [0.15, 0.2) is 57.7 Å². The molecule has 7 nitrogen and oxygen atoms in total. The van der Waals surface area contributed by atoms with E-state index in [-0.39, 0.29) is 12.5 Å². The van der Waals surface area contributed by atoms with Gasteiger partial charge < -0.3 is 19.8 Å². The molecule has 0 aliphatic heterocycles. The molecule has 1 aromatic heterocycles. The van der Waals surface area contributed by atoms with Crippen LogP contribution in [0.5, 0.6) is 0 Å². The fourth-order valence-corrected chi connectivity index (χ4v) is 3.21. The van der Waals surface area contributed by atoms with Gasteiger partial charge in [0.1, 0.15) is 18.2 Å². The zero-order valence-corrected chi connectivity index (χ0v) is 18.0. The van der Waals surface area contributed by atoms with Crippen molar-refractivity contribution in [3.63, 3.8) is 0 Å². The quantitative estimate of drug-likeness (QED) is 0.456. The van der Waals surface area contributed by atoms with Crippen molar-refractivity contribution in [3.8, 4) is 0 Å². The molecule has 2 N–H and O–H groups in total. The topological polar surface area (TPSA) is 97.6 Å². The van der Waals surface area contributed by atoms with Gasteiger partial charge in [0.2, 0.25) is 0 Å². The molecule has 2 aromatic carbocycles. The molecule has 0 bridgehead atoms. The minimum Gasteiger partial charge on any atom is -0.459 e. The van der Waals surface area contributed by atoms with Crippen molar-refractivity contribution >= 4 is 28.7 Å². The summed E-state index contributed by atoms with van der Waals surface area (Å²) in [5, 5.41) is 6.06. The first-order valence-electron chi connectivity index (χ1n) is 10.1. The molecular weight excluding hydrogens is 396 g/mol. The van der Waals surface area contributed by atoms with Crippen LogP contribution in [0.4, 0.5) is 10.5 Å². The van der Waals surface area contributed by atoms with Crippen molar-refractivity contribution in [1.82, 2.24) is 5.32 Å². The summed E-state index contributed by atoms with van der Waals surface area (Å²) < 4.78 is 10.8. The van der Waals surface area contributed by atoms with E-state index in [1.807, 2.05) is 45.9 Å². The van der Waals surface area contributed by atoms with E-state index in [0.717, 1.165) is 11.1 Å². The van der Waals surface area contributed by atoms with Crippen LogP contribution < -0.4 is 16.3 Å². The number of anilines is 1. The van der Waals surface area contributed by atoms with Crippen molar-refractivity contribution in [2.45, 2.75) is 40.3 Å².